The Kier molecular flexibility index (Phi) is 6.96. The lowest BCUT2D eigenvalue weighted by molar-refractivity contribution is -0.117. The molecule has 9 heteroatoms. The molecule has 1 saturated carbocycles. The number of Topliss-reactive ketones (excluding diaryl/α,β-unsaturated/α-hetero) is 1. The zero-order chi connectivity index (χ0) is 27.1. The minimum atomic E-state index is -3.30. The summed E-state index contributed by atoms with van der Waals surface area (Å²) in [6, 6.07) is 16.9. The van der Waals surface area contributed by atoms with Gasteiger partial charge in [0.25, 0.3) is 5.89 Å². The highest BCUT2D eigenvalue weighted by molar-refractivity contribution is 7.91. The minimum Gasteiger partial charge on any atom is -0.334 e. The summed E-state index contributed by atoms with van der Waals surface area (Å²) in [6.45, 7) is 3.57. The highest BCUT2D eigenvalue weighted by Crippen LogP contribution is 2.55. The molecule has 0 atom stereocenters. The van der Waals surface area contributed by atoms with Crippen molar-refractivity contribution in [3.05, 3.63) is 99.6 Å². The first-order chi connectivity index (χ1) is 18.1. The Balaban J connectivity index is 1.32. The normalized spacial score (nSPS) is 14.4. The predicted molar refractivity (Wildman–Crippen MR) is 142 cm³/mol. The molecule has 0 N–H and O–H groups in total. The van der Waals surface area contributed by atoms with E-state index in [4.69, 9.17) is 16.1 Å². The van der Waals surface area contributed by atoms with Crippen LogP contribution in [0.5, 0.6) is 0 Å². The van der Waals surface area contributed by atoms with Crippen LogP contribution in [-0.2, 0) is 32.9 Å². The molecule has 0 unspecified atom stereocenters. The van der Waals surface area contributed by atoms with E-state index in [2.05, 4.69) is 10.1 Å². The summed E-state index contributed by atoms with van der Waals surface area (Å²) < 4.78 is 44.9. The van der Waals surface area contributed by atoms with Crippen molar-refractivity contribution in [1.29, 1.82) is 0 Å². The van der Waals surface area contributed by atoms with Gasteiger partial charge in [-0.05, 0) is 67.3 Å². The van der Waals surface area contributed by atoms with Crippen LogP contribution in [0.2, 0.25) is 5.02 Å². The lowest BCUT2D eigenvalue weighted by atomic mass is 9.92. The fourth-order valence-electron chi connectivity index (χ4n) is 4.63. The molecule has 5 rings (SSSR count). The molecule has 0 bridgehead atoms. The number of aryl methyl sites for hydroxylation is 1. The third-order valence-electron chi connectivity index (χ3n) is 6.95. The van der Waals surface area contributed by atoms with Crippen molar-refractivity contribution in [3.63, 3.8) is 0 Å². The van der Waals surface area contributed by atoms with Crippen molar-refractivity contribution < 1.29 is 22.1 Å². The van der Waals surface area contributed by atoms with Crippen LogP contribution in [-0.4, -0.2) is 30.1 Å². The molecule has 196 valence electrons. The average Bonchev–Trinajstić information content (AvgIpc) is 3.51. The van der Waals surface area contributed by atoms with Crippen molar-refractivity contribution in [2.75, 3.05) is 5.75 Å². The van der Waals surface area contributed by atoms with Crippen molar-refractivity contribution in [3.8, 4) is 11.5 Å². The van der Waals surface area contributed by atoms with E-state index >= 15 is 4.39 Å². The highest BCUT2D eigenvalue weighted by Gasteiger charge is 2.53. The SMILES string of the molecule is CCS(=O)(=O)c1ccc(CC(=O)Cc2cc(F)c(C3(c4noc(-c5ccc(C)cc5)n4)CC3)c(Cl)c2)cc1. The molecular weight excluding hydrogens is 527 g/mol. The molecule has 6 nitrogen and oxygen atoms in total. The fraction of sp³-hybridized carbons (Fsp3) is 0.276. The number of carbonyl (C=O) groups is 1. The van der Waals surface area contributed by atoms with E-state index in [1.807, 2.05) is 31.2 Å². The zero-order valence-corrected chi connectivity index (χ0v) is 22.6. The van der Waals surface area contributed by atoms with Gasteiger partial charge in [-0.2, -0.15) is 4.98 Å². The number of rotatable bonds is 9. The molecule has 1 heterocycles. The van der Waals surface area contributed by atoms with E-state index in [0.29, 0.717) is 41.2 Å². The number of ketones is 1. The Bertz CT molecular complexity index is 1590. The first kappa shape index (κ1) is 26.3. The van der Waals surface area contributed by atoms with Gasteiger partial charge >= 0.3 is 0 Å². The molecule has 1 aromatic heterocycles. The van der Waals surface area contributed by atoms with Crippen LogP contribution in [0.25, 0.3) is 11.5 Å². The largest absolute Gasteiger partial charge is 0.334 e. The van der Waals surface area contributed by atoms with E-state index in [1.165, 1.54) is 18.2 Å². The number of halogens is 2. The van der Waals surface area contributed by atoms with Gasteiger partial charge in [-0.15, -0.1) is 0 Å². The number of hydrogen-bond acceptors (Lipinski definition) is 6. The first-order valence-electron chi connectivity index (χ1n) is 12.3. The van der Waals surface area contributed by atoms with Crippen LogP contribution in [0.15, 0.2) is 70.1 Å². The maximum atomic E-state index is 15.4. The highest BCUT2D eigenvalue weighted by atomic mass is 35.5. The predicted octanol–water partition coefficient (Wildman–Crippen LogP) is 6.07. The van der Waals surface area contributed by atoms with Crippen molar-refractivity contribution in [1.82, 2.24) is 10.1 Å². The maximum absolute atomic E-state index is 15.4. The molecule has 0 amide bonds. The molecule has 4 aromatic rings. The second kappa shape index (κ2) is 10.1. The number of benzene rings is 3. The smallest absolute Gasteiger partial charge is 0.257 e. The van der Waals surface area contributed by atoms with Crippen LogP contribution in [0.3, 0.4) is 0 Å². The second-order valence-electron chi connectivity index (χ2n) is 9.75. The van der Waals surface area contributed by atoms with Gasteiger partial charge in [-0.3, -0.25) is 4.79 Å². The summed E-state index contributed by atoms with van der Waals surface area (Å²) >= 11 is 6.57. The maximum Gasteiger partial charge on any atom is 0.257 e. The van der Waals surface area contributed by atoms with Crippen molar-refractivity contribution in [2.24, 2.45) is 0 Å². The number of sulfone groups is 1. The lowest BCUT2D eigenvalue weighted by Crippen LogP contribution is -2.15. The van der Waals surface area contributed by atoms with E-state index in [0.717, 1.165) is 11.1 Å². The molecule has 0 aliphatic heterocycles. The molecule has 0 saturated heterocycles. The monoisotopic (exact) mass is 552 g/mol. The Morgan fingerprint density at radius 3 is 2.29 bits per heavy atom. The van der Waals surface area contributed by atoms with Gasteiger partial charge < -0.3 is 4.52 Å². The first-order valence-corrected chi connectivity index (χ1v) is 14.4. The quantitative estimate of drug-likeness (QED) is 0.250. The van der Waals surface area contributed by atoms with Crippen molar-refractivity contribution in [2.45, 2.75) is 49.8 Å². The second-order valence-corrected chi connectivity index (χ2v) is 12.4. The number of hydrogen-bond donors (Lipinski definition) is 0. The standard InChI is InChI=1S/C29H26ClFN2O4S/c1-3-38(35,36)23-10-6-19(7-11-23)14-22(34)15-20-16-24(30)26(25(31)17-20)29(12-13-29)28-32-27(37-33-28)21-8-4-18(2)5-9-21/h4-11,16-17H,3,12-15H2,1-2H3. The zero-order valence-electron chi connectivity index (χ0n) is 21.0. The van der Waals surface area contributed by atoms with E-state index in [9.17, 15) is 13.2 Å². The molecule has 0 spiro atoms. The van der Waals surface area contributed by atoms with Gasteiger partial charge in [0.2, 0.25) is 0 Å². The lowest BCUT2D eigenvalue weighted by Gasteiger charge is -2.16. The molecule has 38 heavy (non-hydrogen) atoms. The molecule has 0 radical (unpaired) electrons. The summed E-state index contributed by atoms with van der Waals surface area (Å²) in [6.07, 6.45) is 1.37. The number of aromatic nitrogens is 2. The van der Waals surface area contributed by atoms with Gasteiger partial charge in [0.15, 0.2) is 15.7 Å². The third-order valence-corrected chi connectivity index (χ3v) is 9.00. The average molecular weight is 553 g/mol. The molecule has 3 aromatic carbocycles. The summed E-state index contributed by atoms with van der Waals surface area (Å²) in [7, 11) is -3.30. The Morgan fingerprint density at radius 1 is 1.03 bits per heavy atom. The summed E-state index contributed by atoms with van der Waals surface area (Å²) in [5, 5.41) is 4.37. The van der Waals surface area contributed by atoms with Gasteiger partial charge in [-0.1, -0.05) is 53.5 Å². The van der Waals surface area contributed by atoms with Gasteiger partial charge in [0, 0.05) is 29.0 Å². The minimum absolute atomic E-state index is 0.00128. The fourth-order valence-corrected chi connectivity index (χ4v) is 5.92. The number of nitrogens with zero attached hydrogens (tertiary/aromatic N) is 2. The Hall–Kier alpha value is -3.36. The topological polar surface area (TPSA) is 90.1 Å². The summed E-state index contributed by atoms with van der Waals surface area (Å²) in [5.74, 6) is 0.127. The Morgan fingerprint density at radius 2 is 1.68 bits per heavy atom. The van der Waals surface area contributed by atoms with E-state index in [1.54, 1.807) is 25.1 Å². The van der Waals surface area contributed by atoms with Crippen LogP contribution >= 0.6 is 11.6 Å². The third kappa shape index (κ3) is 5.15. The number of carbonyl (C=O) groups excluding carboxylic acids is 1. The van der Waals surface area contributed by atoms with Crippen LogP contribution < -0.4 is 0 Å². The molecular formula is C29H26ClFN2O4S. The summed E-state index contributed by atoms with van der Waals surface area (Å²) in [5.41, 5.74) is 2.62. The van der Waals surface area contributed by atoms with Gasteiger partial charge in [0.05, 0.1) is 16.1 Å². The van der Waals surface area contributed by atoms with Crippen LogP contribution in [0.1, 0.15) is 47.8 Å². The Labute approximate surface area is 225 Å². The van der Waals surface area contributed by atoms with Crippen molar-refractivity contribution >= 4 is 27.2 Å². The van der Waals surface area contributed by atoms with E-state index in [-0.39, 0.29) is 34.3 Å². The van der Waals surface area contributed by atoms with Crippen LogP contribution in [0, 0.1) is 12.7 Å². The van der Waals surface area contributed by atoms with Gasteiger partial charge in [0.1, 0.15) is 11.6 Å². The molecule has 1 aliphatic carbocycles. The van der Waals surface area contributed by atoms with Gasteiger partial charge in [-0.25, -0.2) is 12.8 Å². The van der Waals surface area contributed by atoms with Crippen LogP contribution in [0.4, 0.5) is 4.39 Å². The summed E-state index contributed by atoms with van der Waals surface area (Å²) in [4.78, 5) is 17.5. The molecule has 1 fully saturated rings. The van der Waals surface area contributed by atoms with E-state index < -0.39 is 21.1 Å². The molecule has 1 aliphatic rings.